The summed E-state index contributed by atoms with van der Waals surface area (Å²) < 4.78 is 51.3. The van der Waals surface area contributed by atoms with E-state index < -0.39 is 60.3 Å². The number of carbonyl (C=O) groups is 1. The maximum atomic E-state index is 12.3. The molecular formula is C14H24N3O15P3. The van der Waals surface area contributed by atoms with Crippen LogP contribution in [0.1, 0.15) is 32.4 Å². The van der Waals surface area contributed by atoms with Crippen LogP contribution in [0.25, 0.3) is 0 Å². The second-order valence-electron chi connectivity index (χ2n) is 7.09. The van der Waals surface area contributed by atoms with Gasteiger partial charge in [-0.15, -0.1) is 0 Å². The Bertz CT molecular complexity index is 1110. The predicted octanol–water partition coefficient (Wildman–Crippen LogP) is -0.666. The van der Waals surface area contributed by atoms with Gasteiger partial charge in [0.1, 0.15) is 24.1 Å². The summed E-state index contributed by atoms with van der Waals surface area (Å²) in [6.07, 6.45) is -3.97. The summed E-state index contributed by atoms with van der Waals surface area (Å²) >= 11 is 0. The maximum absolute atomic E-state index is 12.3. The van der Waals surface area contributed by atoms with Crippen LogP contribution in [-0.4, -0.2) is 70.2 Å². The fraction of sp³-hybridized carbons (Fsp3) is 0.643. The lowest BCUT2D eigenvalue weighted by Gasteiger charge is -2.19. The Kier molecular flexibility index (Phi) is 10.1. The summed E-state index contributed by atoms with van der Waals surface area (Å²) in [6.45, 7) is 0.844. The van der Waals surface area contributed by atoms with Crippen LogP contribution in [0.2, 0.25) is 0 Å². The molecule has 0 radical (unpaired) electrons. The zero-order valence-electron chi connectivity index (χ0n) is 17.9. The van der Waals surface area contributed by atoms with E-state index in [4.69, 9.17) is 19.4 Å². The van der Waals surface area contributed by atoms with Crippen LogP contribution in [-0.2, 0) is 36.4 Å². The first kappa shape index (κ1) is 29.9. The molecule has 0 aliphatic carbocycles. The first-order valence-electron chi connectivity index (χ1n) is 9.72. The zero-order valence-corrected chi connectivity index (χ0v) is 20.6. The molecule has 1 aliphatic heterocycles. The number of phosphoric acid groups is 3. The minimum absolute atomic E-state index is 0.0652. The Morgan fingerprint density at radius 2 is 1.80 bits per heavy atom. The summed E-state index contributed by atoms with van der Waals surface area (Å²) in [5, 5.41) is 22.8. The molecule has 1 aromatic heterocycles. The van der Waals surface area contributed by atoms with Crippen molar-refractivity contribution in [3.8, 4) is 0 Å². The number of amides is 1. The van der Waals surface area contributed by atoms with E-state index in [-0.39, 0.29) is 18.1 Å². The van der Waals surface area contributed by atoms with E-state index >= 15 is 0 Å². The first-order valence-corrected chi connectivity index (χ1v) is 14.2. The van der Waals surface area contributed by atoms with Gasteiger partial charge >= 0.3 is 29.2 Å². The van der Waals surface area contributed by atoms with E-state index in [1.165, 1.54) is 6.07 Å². The molecule has 7 N–H and O–H groups in total. The minimum Gasteiger partial charge on any atom is -0.387 e. The smallest absolute Gasteiger partial charge is 0.387 e. The second-order valence-corrected chi connectivity index (χ2v) is 11.5. The fourth-order valence-electron chi connectivity index (χ4n) is 2.79. The molecule has 0 bridgehead atoms. The standard InChI is InChI=1S/C14H24N3O15P3/c1-2-3-4-10(18)15-9-5-6-17(14(21)16-9)13-12(20)11(19)8(30-13)7-29-34(25,26)32-35(27,28)31-33(22,23)24/h5-6,8,11-13,19-20H,2-4,7H2,1H3,(H,25,26)(H,27,28)(H2,22,23,24)(H,15,16,18,21)/t8-,11-,12-,13-/m1/s1. The Morgan fingerprint density at radius 1 is 1.14 bits per heavy atom. The summed E-state index contributed by atoms with van der Waals surface area (Å²) in [4.78, 5) is 63.3. The number of aromatic nitrogens is 2. The third kappa shape index (κ3) is 9.22. The average Bonchev–Trinajstić information content (AvgIpc) is 2.96. The molecule has 1 aromatic rings. The lowest BCUT2D eigenvalue weighted by atomic mass is 10.1. The fourth-order valence-corrected chi connectivity index (χ4v) is 5.82. The highest BCUT2D eigenvalue weighted by Gasteiger charge is 2.46. The predicted molar refractivity (Wildman–Crippen MR) is 112 cm³/mol. The number of hydrogen-bond donors (Lipinski definition) is 7. The molecule has 2 unspecified atom stereocenters. The minimum atomic E-state index is -5.75. The zero-order chi connectivity index (χ0) is 26.6. The Hall–Kier alpha value is -1.36. The number of phosphoric ester groups is 1. The van der Waals surface area contributed by atoms with Crippen LogP contribution >= 0.6 is 23.5 Å². The third-order valence-electron chi connectivity index (χ3n) is 4.28. The normalized spacial score (nSPS) is 26.1. The van der Waals surface area contributed by atoms with Crippen LogP contribution < -0.4 is 11.0 Å². The molecule has 1 fully saturated rings. The van der Waals surface area contributed by atoms with Crippen LogP contribution in [0.15, 0.2) is 17.1 Å². The molecule has 0 aromatic carbocycles. The number of aliphatic hydroxyl groups is 2. The van der Waals surface area contributed by atoms with Crippen LogP contribution in [0.4, 0.5) is 5.82 Å². The van der Waals surface area contributed by atoms with E-state index in [0.29, 0.717) is 6.42 Å². The van der Waals surface area contributed by atoms with Gasteiger partial charge in [-0.3, -0.25) is 13.9 Å². The number of hydrogen-bond acceptors (Lipinski definition) is 12. The van der Waals surface area contributed by atoms with E-state index in [1.54, 1.807) is 0 Å². The quantitative estimate of drug-likeness (QED) is 0.154. The highest BCUT2D eigenvalue weighted by Crippen LogP contribution is 2.66. The van der Waals surface area contributed by atoms with Crippen molar-refractivity contribution in [3.63, 3.8) is 0 Å². The topological polar surface area (TPSA) is 273 Å². The molecule has 18 nitrogen and oxygen atoms in total. The summed E-state index contributed by atoms with van der Waals surface area (Å²) in [5.41, 5.74) is -0.983. The molecule has 21 heteroatoms. The molecule has 35 heavy (non-hydrogen) atoms. The van der Waals surface area contributed by atoms with E-state index in [2.05, 4.69) is 23.4 Å². The summed E-state index contributed by atoms with van der Waals surface area (Å²) in [7, 11) is -16.8. The molecule has 1 saturated heterocycles. The number of anilines is 1. The van der Waals surface area contributed by atoms with Crippen molar-refractivity contribution in [3.05, 3.63) is 22.7 Å². The maximum Gasteiger partial charge on any atom is 0.490 e. The molecule has 0 spiro atoms. The van der Waals surface area contributed by atoms with E-state index in [9.17, 15) is 38.4 Å². The highest BCUT2D eigenvalue weighted by molar-refractivity contribution is 7.66. The number of nitrogens with one attached hydrogen (secondary N) is 1. The molecule has 6 atom stereocenters. The van der Waals surface area contributed by atoms with Crippen molar-refractivity contribution in [2.75, 3.05) is 11.9 Å². The number of ether oxygens (including phenoxy) is 1. The molecule has 0 saturated carbocycles. The second kappa shape index (κ2) is 11.8. The largest absolute Gasteiger partial charge is 0.490 e. The van der Waals surface area contributed by atoms with Crippen molar-refractivity contribution in [1.82, 2.24) is 9.55 Å². The van der Waals surface area contributed by atoms with Gasteiger partial charge in [0.2, 0.25) is 5.91 Å². The Balaban J connectivity index is 2.04. The van der Waals surface area contributed by atoms with Crippen molar-refractivity contribution in [1.29, 1.82) is 0 Å². The lowest BCUT2D eigenvalue weighted by molar-refractivity contribution is -0.116. The van der Waals surface area contributed by atoms with Crippen LogP contribution in [0.5, 0.6) is 0 Å². The van der Waals surface area contributed by atoms with Gasteiger partial charge in [-0.05, 0) is 12.5 Å². The Labute approximate surface area is 196 Å². The molecular weight excluding hydrogens is 543 g/mol. The van der Waals surface area contributed by atoms with Gasteiger partial charge < -0.3 is 39.8 Å². The molecule has 2 heterocycles. The van der Waals surface area contributed by atoms with Crippen molar-refractivity contribution >= 4 is 35.2 Å². The molecule has 2 rings (SSSR count). The van der Waals surface area contributed by atoms with E-state index in [0.717, 1.165) is 17.2 Å². The Morgan fingerprint density at radius 3 is 2.37 bits per heavy atom. The van der Waals surface area contributed by atoms with Gasteiger partial charge in [0.25, 0.3) is 0 Å². The van der Waals surface area contributed by atoms with E-state index in [1.807, 2.05) is 6.92 Å². The molecule has 1 aliphatic rings. The van der Waals surface area contributed by atoms with Gasteiger partial charge in [-0.1, -0.05) is 13.3 Å². The number of aliphatic hydroxyl groups excluding tert-OH is 2. The van der Waals surface area contributed by atoms with Gasteiger partial charge in [0, 0.05) is 12.6 Å². The number of carbonyl (C=O) groups excluding carboxylic acids is 1. The molecule has 200 valence electrons. The monoisotopic (exact) mass is 567 g/mol. The van der Waals surface area contributed by atoms with Gasteiger partial charge in [0.15, 0.2) is 6.23 Å². The third-order valence-corrected chi connectivity index (χ3v) is 8.09. The number of nitrogens with zero attached hydrogens (tertiary/aromatic N) is 2. The summed E-state index contributed by atoms with van der Waals surface area (Å²) in [5.74, 6) is -0.430. The van der Waals surface area contributed by atoms with Crippen molar-refractivity contribution in [2.24, 2.45) is 0 Å². The SMILES string of the molecule is CCCCC(=O)Nc1ccn([C@@H]2O[C@H](COP(=O)(O)OP(=O)(O)OP(=O)(O)O)[C@@H](O)[C@H]2O)c(=O)n1. The number of unbranched alkanes of at least 4 members (excludes halogenated alkanes) is 1. The average molecular weight is 567 g/mol. The number of rotatable bonds is 12. The molecule has 1 amide bonds. The highest BCUT2D eigenvalue weighted by atomic mass is 31.3. The van der Waals surface area contributed by atoms with Gasteiger partial charge in [-0.25, -0.2) is 18.5 Å². The van der Waals surface area contributed by atoms with Crippen LogP contribution in [0, 0.1) is 0 Å². The first-order chi connectivity index (χ1) is 16.0. The van der Waals surface area contributed by atoms with Gasteiger partial charge in [-0.2, -0.15) is 13.6 Å². The van der Waals surface area contributed by atoms with Crippen molar-refractivity contribution < 1.29 is 66.2 Å². The van der Waals surface area contributed by atoms with Gasteiger partial charge in [0.05, 0.1) is 6.61 Å². The lowest BCUT2D eigenvalue weighted by Crippen LogP contribution is -2.36. The van der Waals surface area contributed by atoms with Crippen molar-refractivity contribution in [2.45, 2.75) is 50.7 Å². The van der Waals surface area contributed by atoms with Crippen LogP contribution in [0.3, 0.4) is 0 Å². The summed E-state index contributed by atoms with van der Waals surface area (Å²) in [6, 6.07) is 1.23.